The van der Waals surface area contributed by atoms with Crippen LogP contribution in [0.5, 0.6) is 0 Å². The molecule has 1 amide bonds. The average molecular weight is 270 g/mol. The molecule has 2 aromatic rings. The zero-order valence-electron chi connectivity index (χ0n) is 11.0. The molecule has 0 unspecified atom stereocenters. The van der Waals surface area contributed by atoms with Gasteiger partial charge in [0.15, 0.2) is 0 Å². The van der Waals surface area contributed by atoms with Crippen molar-refractivity contribution in [3.05, 3.63) is 59.3 Å². The van der Waals surface area contributed by atoms with Gasteiger partial charge in [-0.2, -0.15) is 0 Å². The molecule has 1 heterocycles. The maximum atomic E-state index is 11.9. The van der Waals surface area contributed by atoms with E-state index >= 15 is 0 Å². The number of carboxylic acids is 1. The van der Waals surface area contributed by atoms with E-state index in [0.29, 0.717) is 0 Å². The second kappa shape index (κ2) is 5.97. The maximum Gasteiger partial charge on any atom is 0.335 e. The highest BCUT2D eigenvalue weighted by molar-refractivity contribution is 5.93. The van der Waals surface area contributed by atoms with Gasteiger partial charge in [-0.15, -0.1) is 0 Å². The lowest BCUT2D eigenvalue weighted by Gasteiger charge is -2.07. The Hall–Kier alpha value is -2.69. The number of amides is 1. The number of aryl methyl sites for hydroxylation is 1. The zero-order chi connectivity index (χ0) is 14.5. The van der Waals surface area contributed by atoms with E-state index in [1.165, 1.54) is 18.3 Å². The number of carboxylic acid groups (broad SMARTS) is 1. The van der Waals surface area contributed by atoms with Gasteiger partial charge >= 0.3 is 5.97 Å². The number of rotatable bonds is 4. The van der Waals surface area contributed by atoms with E-state index in [4.69, 9.17) is 5.11 Å². The van der Waals surface area contributed by atoms with E-state index in [1.807, 2.05) is 31.2 Å². The summed E-state index contributed by atoms with van der Waals surface area (Å²) < 4.78 is 0. The summed E-state index contributed by atoms with van der Waals surface area (Å²) in [6.45, 7) is 1.94. The number of anilines is 1. The summed E-state index contributed by atoms with van der Waals surface area (Å²) in [5.41, 5.74) is 2.06. The molecule has 0 atom stereocenters. The molecule has 2 N–H and O–H groups in total. The van der Waals surface area contributed by atoms with Crippen molar-refractivity contribution in [2.24, 2.45) is 0 Å². The number of nitrogens with one attached hydrogen (secondary N) is 1. The first-order chi connectivity index (χ1) is 9.56. The van der Waals surface area contributed by atoms with Crippen LogP contribution in [0.3, 0.4) is 0 Å². The van der Waals surface area contributed by atoms with Crippen LogP contribution in [-0.4, -0.2) is 22.0 Å². The summed E-state index contributed by atoms with van der Waals surface area (Å²) in [4.78, 5) is 26.7. The van der Waals surface area contributed by atoms with Gasteiger partial charge in [0.2, 0.25) is 5.91 Å². The molecule has 102 valence electrons. The minimum atomic E-state index is -1.05. The molecule has 2 rings (SSSR count). The number of hydrogen-bond donors (Lipinski definition) is 2. The van der Waals surface area contributed by atoms with Crippen LogP contribution in [0.2, 0.25) is 0 Å². The first-order valence-electron chi connectivity index (χ1n) is 6.10. The van der Waals surface area contributed by atoms with Crippen LogP contribution in [0.1, 0.15) is 21.5 Å². The van der Waals surface area contributed by atoms with Crippen molar-refractivity contribution in [2.45, 2.75) is 13.3 Å². The molecule has 5 heteroatoms. The minimum Gasteiger partial charge on any atom is -0.478 e. The van der Waals surface area contributed by atoms with Crippen LogP contribution in [0, 0.1) is 6.92 Å². The lowest BCUT2D eigenvalue weighted by molar-refractivity contribution is -0.115. The van der Waals surface area contributed by atoms with Crippen molar-refractivity contribution < 1.29 is 14.7 Å². The van der Waals surface area contributed by atoms with Crippen molar-refractivity contribution in [1.29, 1.82) is 0 Å². The molecule has 5 nitrogen and oxygen atoms in total. The molecule has 0 radical (unpaired) electrons. The van der Waals surface area contributed by atoms with Crippen molar-refractivity contribution >= 4 is 17.7 Å². The largest absolute Gasteiger partial charge is 0.478 e. The molecule has 0 saturated carbocycles. The number of aromatic nitrogens is 1. The fourth-order valence-electron chi connectivity index (χ4n) is 1.80. The maximum absolute atomic E-state index is 11.9. The first kappa shape index (κ1) is 13.7. The van der Waals surface area contributed by atoms with Crippen LogP contribution in [-0.2, 0) is 11.2 Å². The predicted octanol–water partition coefficient (Wildman–Crippen LogP) is 2.27. The third-order valence-corrected chi connectivity index (χ3v) is 2.89. The summed E-state index contributed by atoms with van der Waals surface area (Å²) in [7, 11) is 0. The molecule has 1 aromatic carbocycles. The molecule has 20 heavy (non-hydrogen) atoms. The monoisotopic (exact) mass is 270 g/mol. The number of aromatic carboxylic acids is 1. The summed E-state index contributed by atoms with van der Waals surface area (Å²) in [6.07, 6.45) is 1.58. The third kappa shape index (κ3) is 3.41. The number of nitrogens with zero attached hydrogens (tertiary/aromatic N) is 1. The molecule has 0 saturated heterocycles. The van der Waals surface area contributed by atoms with Crippen molar-refractivity contribution in [3.8, 4) is 0 Å². The van der Waals surface area contributed by atoms with Gasteiger partial charge < -0.3 is 10.4 Å². The Morgan fingerprint density at radius 1 is 1.25 bits per heavy atom. The Morgan fingerprint density at radius 3 is 2.70 bits per heavy atom. The van der Waals surface area contributed by atoms with Crippen LogP contribution >= 0.6 is 0 Å². The molecule has 0 bridgehead atoms. The fourth-order valence-corrected chi connectivity index (χ4v) is 1.80. The summed E-state index contributed by atoms with van der Waals surface area (Å²) in [5, 5.41) is 11.5. The van der Waals surface area contributed by atoms with Crippen LogP contribution < -0.4 is 5.32 Å². The minimum absolute atomic E-state index is 0.0891. The Kier molecular flexibility index (Phi) is 4.10. The van der Waals surface area contributed by atoms with Crippen LogP contribution in [0.25, 0.3) is 0 Å². The Labute approximate surface area is 116 Å². The SMILES string of the molecule is Cc1ccccc1CC(=O)Nc1cc(C(=O)O)ccn1. The smallest absolute Gasteiger partial charge is 0.335 e. The molecule has 1 aromatic heterocycles. The highest BCUT2D eigenvalue weighted by Crippen LogP contribution is 2.10. The third-order valence-electron chi connectivity index (χ3n) is 2.89. The zero-order valence-corrected chi connectivity index (χ0v) is 11.0. The van der Waals surface area contributed by atoms with Crippen LogP contribution in [0.15, 0.2) is 42.6 Å². The van der Waals surface area contributed by atoms with Gasteiger partial charge in [-0.3, -0.25) is 4.79 Å². The Bertz CT molecular complexity index is 653. The van der Waals surface area contributed by atoms with E-state index < -0.39 is 5.97 Å². The molecular weight excluding hydrogens is 256 g/mol. The van der Waals surface area contributed by atoms with Gasteiger partial charge in [-0.05, 0) is 30.2 Å². The summed E-state index contributed by atoms with van der Waals surface area (Å²) in [5.74, 6) is -1.04. The number of hydrogen-bond acceptors (Lipinski definition) is 3. The number of benzene rings is 1. The second-order valence-corrected chi connectivity index (χ2v) is 4.39. The van der Waals surface area contributed by atoms with Crippen molar-refractivity contribution in [2.75, 3.05) is 5.32 Å². The van der Waals surface area contributed by atoms with Gasteiger partial charge in [0.1, 0.15) is 5.82 Å². The van der Waals surface area contributed by atoms with E-state index in [0.717, 1.165) is 11.1 Å². The van der Waals surface area contributed by atoms with E-state index in [9.17, 15) is 9.59 Å². The number of carbonyl (C=O) groups is 2. The van der Waals surface area contributed by atoms with Gasteiger partial charge in [0, 0.05) is 6.20 Å². The topological polar surface area (TPSA) is 79.3 Å². The number of pyridine rings is 1. The molecule has 0 spiro atoms. The molecule has 0 fully saturated rings. The molecule has 0 aliphatic rings. The molecular formula is C15H14N2O3. The van der Waals surface area contributed by atoms with E-state index in [-0.39, 0.29) is 23.7 Å². The molecule has 0 aliphatic carbocycles. The highest BCUT2D eigenvalue weighted by atomic mass is 16.4. The average Bonchev–Trinajstić information content (AvgIpc) is 2.41. The number of carbonyl (C=O) groups excluding carboxylic acids is 1. The standard InChI is InChI=1S/C15H14N2O3/c1-10-4-2-3-5-11(10)9-14(18)17-13-8-12(15(19)20)6-7-16-13/h2-8H,9H2,1H3,(H,19,20)(H,16,17,18). The fraction of sp³-hybridized carbons (Fsp3) is 0.133. The van der Waals surface area contributed by atoms with Gasteiger partial charge in [-0.25, -0.2) is 9.78 Å². The second-order valence-electron chi connectivity index (χ2n) is 4.39. The predicted molar refractivity (Wildman–Crippen MR) is 74.7 cm³/mol. The van der Waals surface area contributed by atoms with Gasteiger partial charge in [0.05, 0.1) is 12.0 Å². The lowest BCUT2D eigenvalue weighted by Crippen LogP contribution is -2.16. The Balaban J connectivity index is 2.07. The first-order valence-corrected chi connectivity index (χ1v) is 6.10. The molecule has 0 aliphatic heterocycles. The Morgan fingerprint density at radius 2 is 2.00 bits per heavy atom. The van der Waals surface area contributed by atoms with Crippen LogP contribution in [0.4, 0.5) is 5.82 Å². The highest BCUT2D eigenvalue weighted by Gasteiger charge is 2.09. The summed E-state index contributed by atoms with van der Waals surface area (Å²) in [6, 6.07) is 10.3. The van der Waals surface area contributed by atoms with Crippen molar-refractivity contribution in [1.82, 2.24) is 4.98 Å². The summed E-state index contributed by atoms with van der Waals surface area (Å²) >= 11 is 0. The van der Waals surface area contributed by atoms with Crippen molar-refractivity contribution in [3.63, 3.8) is 0 Å². The quantitative estimate of drug-likeness (QED) is 0.893. The lowest BCUT2D eigenvalue weighted by atomic mass is 10.1. The van der Waals surface area contributed by atoms with E-state index in [1.54, 1.807) is 0 Å². The van der Waals surface area contributed by atoms with E-state index in [2.05, 4.69) is 10.3 Å². The normalized spacial score (nSPS) is 10.1. The van der Waals surface area contributed by atoms with Gasteiger partial charge in [0.25, 0.3) is 0 Å². The van der Waals surface area contributed by atoms with Gasteiger partial charge in [-0.1, -0.05) is 24.3 Å².